The number of nitrogens with two attached hydrogens (primary N) is 1. The summed E-state index contributed by atoms with van der Waals surface area (Å²) in [4.78, 5) is 22.3. The summed E-state index contributed by atoms with van der Waals surface area (Å²) in [7, 11) is 0. The molecule has 0 saturated heterocycles. The van der Waals surface area contributed by atoms with Gasteiger partial charge in [-0.1, -0.05) is 41.7 Å². The molecule has 5 nitrogen and oxygen atoms in total. The molecule has 0 unspecified atom stereocenters. The van der Waals surface area contributed by atoms with Gasteiger partial charge in [-0.15, -0.1) is 0 Å². The van der Waals surface area contributed by atoms with E-state index in [0.29, 0.717) is 10.8 Å². The Morgan fingerprint density at radius 3 is 2.48 bits per heavy atom. The van der Waals surface area contributed by atoms with Gasteiger partial charge in [-0.2, -0.15) is 0 Å². The number of anilines is 2. The summed E-state index contributed by atoms with van der Waals surface area (Å²) in [6.07, 6.45) is 4.96. The number of benzene rings is 1. The number of hydrogen-bond acceptors (Lipinski definition) is 4. The van der Waals surface area contributed by atoms with Crippen LogP contribution in [0.25, 0.3) is 10.4 Å². The number of primary amides is 1. The monoisotopic (exact) mass is 296 g/mol. The van der Waals surface area contributed by atoms with Gasteiger partial charge in [0.15, 0.2) is 5.13 Å². The highest BCUT2D eigenvalue weighted by atomic mass is 32.1. The molecule has 2 heterocycles. The Morgan fingerprint density at radius 1 is 1.10 bits per heavy atom. The maximum atomic E-state index is 11.7. The molecule has 0 saturated carbocycles. The lowest BCUT2D eigenvalue weighted by atomic mass is 10.2. The van der Waals surface area contributed by atoms with Gasteiger partial charge in [0.2, 0.25) is 0 Å². The Hall–Kier alpha value is -2.73. The predicted molar refractivity (Wildman–Crippen MR) is 83.5 cm³/mol. The van der Waals surface area contributed by atoms with E-state index in [1.165, 1.54) is 16.2 Å². The molecular formula is C15H12N4OS. The van der Waals surface area contributed by atoms with Crippen molar-refractivity contribution in [1.82, 2.24) is 9.97 Å². The van der Waals surface area contributed by atoms with Gasteiger partial charge in [-0.25, -0.2) is 14.7 Å². The lowest BCUT2D eigenvalue weighted by Gasteiger charge is -2.16. The van der Waals surface area contributed by atoms with Crippen molar-refractivity contribution in [2.24, 2.45) is 5.73 Å². The minimum atomic E-state index is -0.574. The van der Waals surface area contributed by atoms with Crippen LogP contribution in [-0.2, 0) is 0 Å². The summed E-state index contributed by atoms with van der Waals surface area (Å²) in [5.74, 6) is 0. The number of rotatable bonds is 3. The molecule has 0 radical (unpaired) electrons. The van der Waals surface area contributed by atoms with Crippen molar-refractivity contribution in [1.29, 1.82) is 0 Å². The third-order valence-corrected chi connectivity index (χ3v) is 3.92. The maximum absolute atomic E-state index is 11.7. The fraction of sp³-hybridized carbons (Fsp3) is 0. The zero-order valence-electron chi connectivity index (χ0n) is 11.0. The Morgan fingerprint density at radius 2 is 1.81 bits per heavy atom. The van der Waals surface area contributed by atoms with Crippen LogP contribution in [0.1, 0.15) is 0 Å². The van der Waals surface area contributed by atoms with Crippen molar-refractivity contribution in [3.05, 3.63) is 61.1 Å². The average molecular weight is 296 g/mol. The van der Waals surface area contributed by atoms with E-state index in [1.807, 2.05) is 30.3 Å². The molecule has 0 atom stereocenters. The molecule has 0 fully saturated rings. The second-order valence-electron chi connectivity index (χ2n) is 4.25. The number of nitrogens with zero attached hydrogens (tertiary/aromatic N) is 3. The van der Waals surface area contributed by atoms with Crippen molar-refractivity contribution in [3.8, 4) is 10.4 Å². The summed E-state index contributed by atoms with van der Waals surface area (Å²) in [6.45, 7) is 0. The summed E-state index contributed by atoms with van der Waals surface area (Å²) in [6, 6.07) is 12.7. The maximum Gasteiger partial charge on any atom is 0.325 e. The van der Waals surface area contributed by atoms with Crippen LogP contribution in [0.15, 0.2) is 61.1 Å². The molecule has 3 rings (SSSR count). The van der Waals surface area contributed by atoms with Crippen LogP contribution < -0.4 is 10.6 Å². The van der Waals surface area contributed by atoms with Gasteiger partial charge in [0.1, 0.15) is 0 Å². The Balaban J connectivity index is 1.99. The van der Waals surface area contributed by atoms with Crippen LogP contribution in [0.4, 0.5) is 15.6 Å². The molecule has 0 spiro atoms. The molecule has 0 bridgehead atoms. The number of amides is 2. The SMILES string of the molecule is NC(=O)N(c1ccncc1)c1ncc(-c2ccccc2)s1. The van der Waals surface area contributed by atoms with E-state index in [2.05, 4.69) is 9.97 Å². The average Bonchev–Trinajstić information content (AvgIpc) is 2.98. The summed E-state index contributed by atoms with van der Waals surface area (Å²) >= 11 is 1.41. The van der Waals surface area contributed by atoms with Crippen molar-refractivity contribution in [2.75, 3.05) is 4.90 Å². The van der Waals surface area contributed by atoms with Gasteiger partial charge in [0.05, 0.1) is 10.6 Å². The van der Waals surface area contributed by atoms with E-state index in [1.54, 1.807) is 30.7 Å². The second kappa shape index (κ2) is 5.72. The summed E-state index contributed by atoms with van der Waals surface area (Å²) in [5.41, 5.74) is 7.18. The van der Waals surface area contributed by atoms with Crippen LogP contribution in [0, 0.1) is 0 Å². The minimum absolute atomic E-state index is 0.535. The Labute approximate surface area is 125 Å². The van der Waals surface area contributed by atoms with Crippen LogP contribution in [0.3, 0.4) is 0 Å². The fourth-order valence-corrected chi connectivity index (χ4v) is 2.88. The zero-order valence-corrected chi connectivity index (χ0v) is 11.8. The number of carbonyl (C=O) groups is 1. The van der Waals surface area contributed by atoms with Crippen LogP contribution in [0.5, 0.6) is 0 Å². The molecule has 21 heavy (non-hydrogen) atoms. The normalized spacial score (nSPS) is 10.3. The quantitative estimate of drug-likeness (QED) is 0.805. The Bertz CT molecular complexity index is 743. The molecule has 2 amide bonds. The number of hydrogen-bond donors (Lipinski definition) is 1. The van der Waals surface area contributed by atoms with Gasteiger partial charge in [-0.05, 0) is 17.7 Å². The van der Waals surface area contributed by atoms with Gasteiger partial charge in [-0.3, -0.25) is 4.98 Å². The highest BCUT2D eigenvalue weighted by Gasteiger charge is 2.18. The highest BCUT2D eigenvalue weighted by molar-refractivity contribution is 7.19. The van der Waals surface area contributed by atoms with E-state index >= 15 is 0 Å². The molecule has 0 aliphatic carbocycles. The molecule has 0 aliphatic heterocycles. The Kier molecular flexibility index (Phi) is 3.61. The van der Waals surface area contributed by atoms with Gasteiger partial charge < -0.3 is 5.73 Å². The van der Waals surface area contributed by atoms with Crippen molar-refractivity contribution in [3.63, 3.8) is 0 Å². The smallest absolute Gasteiger partial charge is 0.325 e. The first kappa shape index (κ1) is 13.3. The number of aromatic nitrogens is 2. The molecule has 1 aromatic carbocycles. The van der Waals surface area contributed by atoms with E-state index < -0.39 is 6.03 Å². The molecule has 3 aromatic rings. The highest BCUT2D eigenvalue weighted by Crippen LogP contribution is 2.34. The van der Waals surface area contributed by atoms with E-state index in [9.17, 15) is 4.79 Å². The summed E-state index contributed by atoms with van der Waals surface area (Å²) in [5, 5.41) is 0.535. The zero-order chi connectivity index (χ0) is 14.7. The topological polar surface area (TPSA) is 72.1 Å². The minimum Gasteiger partial charge on any atom is -0.351 e. The fourth-order valence-electron chi connectivity index (χ4n) is 1.93. The third kappa shape index (κ3) is 2.75. The standard InChI is InChI=1S/C15H12N4OS/c16-14(20)19(12-6-8-17-9-7-12)15-18-10-13(21-15)11-4-2-1-3-5-11/h1-10H,(H2,16,20). The predicted octanol–water partition coefficient (Wildman–Crippen LogP) is 3.42. The number of thiazole rings is 1. The van der Waals surface area contributed by atoms with Crippen LogP contribution >= 0.6 is 11.3 Å². The second-order valence-corrected chi connectivity index (χ2v) is 5.26. The molecule has 2 N–H and O–H groups in total. The lowest BCUT2D eigenvalue weighted by Crippen LogP contribution is -2.31. The molecule has 104 valence electrons. The van der Waals surface area contributed by atoms with Crippen molar-refractivity contribution >= 4 is 28.2 Å². The molecular weight excluding hydrogens is 284 g/mol. The van der Waals surface area contributed by atoms with Gasteiger partial charge in [0, 0.05) is 18.6 Å². The van der Waals surface area contributed by atoms with Crippen molar-refractivity contribution < 1.29 is 4.79 Å². The number of pyridine rings is 1. The van der Waals surface area contributed by atoms with Gasteiger partial charge >= 0.3 is 6.03 Å². The van der Waals surface area contributed by atoms with Crippen molar-refractivity contribution in [2.45, 2.75) is 0 Å². The van der Waals surface area contributed by atoms with Gasteiger partial charge in [0.25, 0.3) is 0 Å². The van der Waals surface area contributed by atoms with E-state index in [0.717, 1.165) is 10.4 Å². The van der Waals surface area contributed by atoms with E-state index in [-0.39, 0.29) is 0 Å². The number of urea groups is 1. The van der Waals surface area contributed by atoms with Crippen LogP contribution in [0.2, 0.25) is 0 Å². The largest absolute Gasteiger partial charge is 0.351 e. The first-order valence-corrected chi connectivity index (χ1v) is 7.08. The summed E-state index contributed by atoms with van der Waals surface area (Å²) < 4.78 is 0. The third-order valence-electron chi connectivity index (χ3n) is 2.88. The van der Waals surface area contributed by atoms with Crippen LogP contribution in [-0.4, -0.2) is 16.0 Å². The first-order valence-electron chi connectivity index (χ1n) is 6.26. The lowest BCUT2D eigenvalue weighted by molar-refractivity contribution is 0.256. The van der Waals surface area contributed by atoms with E-state index in [4.69, 9.17) is 5.73 Å². The molecule has 6 heteroatoms. The first-order chi connectivity index (χ1) is 10.3. The molecule has 0 aliphatic rings. The molecule has 2 aromatic heterocycles. The number of carbonyl (C=O) groups excluding carboxylic acids is 1.